The molecule has 1 fully saturated rings. The highest BCUT2D eigenvalue weighted by Gasteiger charge is 2.35. The third-order valence-corrected chi connectivity index (χ3v) is 3.56. The van der Waals surface area contributed by atoms with Crippen LogP contribution in [-0.4, -0.2) is 19.3 Å². The summed E-state index contributed by atoms with van der Waals surface area (Å²) in [6.07, 6.45) is -3.18. The van der Waals surface area contributed by atoms with Crippen LogP contribution in [0.2, 0.25) is 0 Å². The molecule has 0 aromatic heterocycles. The van der Waals surface area contributed by atoms with Gasteiger partial charge in [-0.15, -0.1) is 0 Å². The predicted molar refractivity (Wildman–Crippen MR) is 68.5 cm³/mol. The molecule has 0 bridgehead atoms. The normalized spacial score (nSPS) is 20.3. The molecule has 6 heteroatoms. The molecule has 0 N–H and O–H groups in total. The molecule has 19 heavy (non-hydrogen) atoms. The number of alkyl halides is 4. The van der Waals surface area contributed by atoms with Crippen LogP contribution in [-0.2, 0) is 16.2 Å². The molecular weight excluding hydrogens is 325 g/mol. The van der Waals surface area contributed by atoms with Gasteiger partial charge in [0.2, 0.25) is 0 Å². The first-order valence-corrected chi connectivity index (χ1v) is 7.13. The first kappa shape index (κ1) is 14.7. The standard InChI is InChI=1S/C13H14BrF3O2/c14-7-9-3-4-12(11(6-9)13(15,16)17)19-10-2-1-5-18-8-10/h3-4,6,10H,1-2,5,7-8H2. The van der Waals surface area contributed by atoms with Crippen molar-refractivity contribution in [2.24, 2.45) is 0 Å². The number of hydrogen-bond donors (Lipinski definition) is 0. The Bertz CT molecular complexity index is 428. The summed E-state index contributed by atoms with van der Waals surface area (Å²) in [5.74, 6) is -0.118. The van der Waals surface area contributed by atoms with Gasteiger partial charge in [-0.1, -0.05) is 22.0 Å². The Labute approximate surface area is 118 Å². The second kappa shape index (κ2) is 6.13. The zero-order valence-electron chi connectivity index (χ0n) is 10.2. The highest BCUT2D eigenvalue weighted by molar-refractivity contribution is 9.08. The number of halogens is 4. The van der Waals surface area contributed by atoms with E-state index >= 15 is 0 Å². The predicted octanol–water partition coefficient (Wildman–Crippen LogP) is 4.16. The van der Waals surface area contributed by atoms with E-state index in [0.717, 1.165) is 18.9 Å². The third kappa shape index (κ3) is 3.86. The fraction of sp³-hybridized carbons (Fsp3) is 0.538. The Morgan fingerprint density at radius 1 is 1.37 bits per heavy atom. The average Bonchev–Trinajstić information content (AvgIpc) is 2.39. The highest BCUT2D eigenvalue weighted by Crippen LogP contribution is 2.38. The highest BCUT2D eigenvalue weighted by atomic mass is 79.9. The van der Waals surface area contributed by atoms with Crippen molar-refractivity contribution in [2.45, 2.75) is 30.5 Å². The second-order valence-corrected chi connectivity index (χ2v) is 4.98. The topological polar surface area (TPSA) is 18.5 Å². The minimum Gasteiger partial charge on any atom is -0.487 e. The Hall–Kier alpha value is -0.750. The molecule has 1 atom stereocenters. The lowest BCUT2D eigenvalue weighted by Crippen LogP contribution is -2.28. The van der Waals surface area contributed by atoms with E-state index in [1.165, 1.54) is 6.07 Å². The molecule has 0 aliphatic carbocycles. The molecule has 2 nitrogen and oxygen atoms in total. The molecule has 0 spiro atoms. The van der Waals surface area contributed by atoms with Gasteiger partial charge in [-0.05, 0) is 30.5 Å². The molecule has 1 saturated heterocycles. The molecule has 1 unspecified atom stereocenters. The summed E-state index contributed by atoms with van der Waals surface area (Å²) < 4.78 is 49.6. The van der Waals surface area contributed by atoms with Crippen molar-refractivity contribution < 1.29 is 22.6 Å². The zero-order chi connectivity index (χ0) is 13.9. The fourth-order valence-corrected chi connectivity index (χ4v) is 2.32. The molecule has 1 aromatic rings. The summed E-state index contributed by atoms with van der Waals surface area (Å²) in [5, 5.41) is 0.378. The molecule has 0 radical (unpaired) electrons. The van der Waals surface area contributed by atoms with Crippen LogP contribution >= 0.6 is 15.9 Å². The van der Waals surface area contributed by atoms with Crippen LogP contribution in [0.1, 0.15) is 24.0 Å². The van der Waals surface area contributed by atoms with Crippen LogP contribution in [0.3, 0.4) is 0 Å². The van der Waals surface area contributed by atoms with E-state index in [0.29, 0.717) is 24.1 Å². The van der Waals surface area contributed by atoms with Crippen LogP contribution in [0.4, 0.5) is 13.2 Å². The zero-order valence-corrected chi connectivity index (χ0v) is 11.8. The van der Waals surface area contributed by atoms with Crippen LogP contribution in [0.25, 0.3) is 0 Å². The van der Waals surface area contributed by atoms with Gasteiger partial charge in [0.15, 0.2) is 0 Å². The Balaban J connectivity index is 2.23. The van der Waals surface area contributed by atoms with Gasteiger partial charge in [0.1, 0.15) is 11.9 Å². The van der Waals surface area contributed by atoms with E-state index in [9.17, 15) is 13.2 Å². The first-order valence-electron chi connectivity index (χ1n) is 6.01. The van der Waals surface area contributed by atoms with E-state index in [4.69, 9.17) is 9.47 Å². The smallest absolute Gasteiger partial charge is 0.419 e. The van der Waals surface area contributed by atoms with Gasteiger partial charge < -0.3 is 9.47 Å². The second-order valence-electron chi connectivity index (χ2n) is 4.42. The molecule has 1 heterocycles. The summed E-state index contributed by atoms with van der Waals surface area (Å²) in [7, 11) is 0. The maximum Gasteiger partial charge on any atom is 0.419 e. The molecule has 1 aliphatic rings. The van der Waals surface area contributed by atoms with E-state index in [1.54, 1.807) is 6.07 Å². The van der Waals surface area contributed by atoms with E-state index in [-0.39, 0.29) is 11.9 Å². The molecule has 2 rings (SSSR count). The summed E-state index contributed by atoms with van der Waals surface area (Å²) in [6, 6.07) is 4.13. The minimum absolute atomic E-state index is 0.118. The van der Waals surface area contributed by atoms with Crippen LogP contribution < -0.4 is 4.74 Å². The van der Waals surface area contributed by atoms with Crippen molar-refractivity contribution in [3.63, 3.8) is 0 Å². The maximum absolute atomic E-state index is 13.0. The van der Waals surface area contributed by atoms with Crippen molar-refractivity contribution in [1.29, 1.82) is 0 Å². The van der Waals surface area contributed by atoms with Gasteiger partial charge in [0.25, 0.3) is 0 Å². The maximum atomic E-state index is 13.0. The van der Waals surface area contributed by atoms with Gasteiger partial charge in [-0.3, -0.25) is 0 Å². The van der Waals surface area contributed by atoms with Crippen molar-refractivity contribution in [3.05, 3.63) is 29.3 Å². The average molecular weight is 339 g/mol. The molecular formula is C13H14BrF3O2. The minimum atomic E-state index is -4.41. The van der Waals surface area contributed by atoms with Gasteiger partial charge in [-0.25, -0.2) is 0 Å². The summed E-state index contributed by atoms with van der Waals surface area (Å²) >= 11 is 3.15. The molecule has 106 valence electrons. The van der Waals surface area contributed by atoms with Gasteiger partial charge in [0.05, 0.1) is 12.2 Å². The number of rotatable bonds is 3. The van der Waals surface area contributed by atoms with Gasteiger partial charge in [0, 0.05) is 11.9 Å². The van der Waals surface area contributed by atoms with Crippen molar-refractivity contribution in [2.75, 3.05) is 13.2 Å². The number of benzene rings is 1. The van der Waals surface area contributed by atoms with Crippen LogP contribution in [0.15, 0.2) is 18.2 Å². The third-order valence-electron chi connectivity index (χ3n) is 2.92. The lowest BCUT2D eigenvalue weighted by Gasteiger charge is -2.25. The number of hydrogen-bond acceptors (Lipinski definition) is 2. The largest absolute Gasteiger partial charge is 0.487 e. The molecule has 0 amide bonds. The van der Waals surface area contributed by atoms with Crippen LogP contribution in [0, 0.1) is 0 Å². The summed E-state index contributed by atoms with van der Waals surface area (Å²) in [6.45, 7) is 0.992. The SMILES string of the molecule is FC(F)(F)c1cc(CBr)ccc1OC1CCCOC1. The van der Waals surface area contributed by atoms with Gasteiger partial charge >= 0.3 is 6.18 Å². The quantitative estimate of drug-likeness (QED) is 0.770. The van der Waals surface area contributed by atoms with E-state index < -0.39 is 11.7 Å². The fourth-order valence-electron chi connectivity index (χ4n) is 1.97. The van der Waals surface area contributed by atoms with Crippen molar-refractivity contribution in [3.8, 4) is 5.75 Å². The number of ether oxygens (including phenoxy) is 2. The molecule has 1 aromatic carbocycles. The van der Waals surface area contributed by atoms with Crippen molar-refractivity contribution in [1.82, 2.24) is 0 Å². The lowest BCUT2D eigenvalue weighted by molar-refractivity contribution is -0.139. The van der Waals surface area contributed by atoms with Crippen molar-refractivity contribution >= 4 is 15.9 Å². The summed E-state index contributed by atoms with van der Waals surface area (Å²) in [4.78, 5) is 0. The van der Waals surface area contributed by atoms with E-state index in [2.05, 4.69) is 15.9 Å². The first-order chi connectivity index (χ1) is 9.00. The Kier molecular flexibility index (Phi) is 4.73. The van der Waals surface area contributed by atoms with Gasteiger partial charge in [-0.2, -0.15) is 13.2 Å². The summed E-state index contributed by atoms with van der Waals surface area (Å²) in [5.41, 5.74) is -0.158. The lowest BCUT2D eigenvalue weighted by atomic mass is 10.1. The van der Waals surface area contributed by atoms with Crippen LogP contribution in [0.5, 0.6) is 5.75 Å². The molecule has 0 saturated carbocycles. The molecule has 1 aliphatic heterocycles. The monoisotopic (exact) mass is 338 g/mol. The van der Waals surface area contributed by atoms with E-state index in [1.807, 2.05) is 0 Å². The Morgan fingerprint density at radius 3 is 2.74 bits per heavy atom. The Morgan fingerprint density at radius 2 is 2.16 bits per heavy atom.